The number of rotatable bonds is 9. The van der Waals surface area contributed by atoms with Crippen LogP contribution in [0.25, 0.3) is 0 Å². The summed E-state index contributed by atoms with van der Waals surface area (Å²) in [5, 5.41) is 29.4. The number of oxime groups is 1. The van der Waals surface area contributed by atoms with E-state index >= 15 is 0 Å². The molecule has 9 heteroatoms. The van der Waals surface area contributed by atoms with Crippen molar-refractivity contribution in [2.24, 2.45) is 21.2 Å². The van der Waals surface area contributed by atoms with E-state index < -0.39 is 11.6 Å². The van der Waals surface area contributed by atoms with E-state index in [-0.39, 0.29) is 18.0 Å². The molecule has 0 unspecified atom stereocenters. The van der Waals surface area contributed by atoms with Gasteiger partial charge in [0.15, 0.2) is 11.4 Å². The Balaban J connectivity index is 2.36. The lowest BCUT2D eigenvalue weighted by molar-refractivity contribution is -0.114. The van der Waals surface area contributed by atoms with Crippen LogP contribution < -0.4 is 16.6 Å². The maximum absolute atomic E-state index is 11.7. The number of hydrogen-bond acceptors (Lipinski definition) is 8. The molecule has 6 N–H and O–H groups in total. The summed E-state index contributed by atoms with van der Waals surface area (Å²) < 4.78 is 0. The van der Waals surface area contributed by atoms with E-state index in [2.05, 4.69) is 32.0 Å². The fourth-order valence-electron chi connectivity index (χ4n) is 1.56. The average Bonchev–Trinajstić information content (AvgIpc) is 3.18. The minimum atomic E-state index is -0.652. The molecule has 0 bridgehead atoms. The van der Waals surface area contributed by atoms with Crippen LogP contribution in [-0.2, 0) is 4.79 Å². The van der Waals surface area contributed by atoms with Crippen LogP contribution in [0.1, 0.15) is 19.3 Å². The zero-order chi connectivity index (χ0) is 15.0. The predicted octanol–water partition coefficient (Wildman–Crippen LogP) is -0.619. The molecule has 0 aliphatic carbocycles. The fraction of sp³-hybridized carbons (Fsp3) is 0.545. The van der Waals surface area contributed by atoms with Crippen molar-refractivity contribution in [3.63, 3.8) is 0 Å². The molecule has 0 spiro atoms. The SMILES string of the molecule is C#CCCC1(CCNC(=O)/C(=N/O)C(=N)CNN)N=N1. The largest absolute Gasteiger partial charge is 0.410 e. The van der Waals surface area contributed by atoms with Crippen molar-refractivity contribution in [1.29, 1.82) is 5.41 Å². The van der Waals surface area contributed by atoms with Gasteiger partial charge in [-0.3, -0.25) is 16.1 Å². The normalized spacial score (nSPS) is 15.5. The van der Waals surface area contributed by atoms with Gasteiger partial charge >= 0.3 is 0 Å². The van der Waals surface area contributed by atoms with Gasteiger partial charge in [-0.15, -0.1) is 12.3 Å². The number of nitrogens with two attached hydrogens (primary N) is 1. The van der Waals surface area contributed by atoms with Crippen LogP contribution in [0.5, 0.6) is 0 Å². The summed E-state index contributed by atoms with van der Waals surface area (Å²) in [7, 11) is 0. The van der Waals surface area contributed by atoms with Crippen molar-refractivity contribution in [3.05, 3.63) is 0 Å². The van der Waals surface area contributed by atoms with Gasteiger partial charge in [-0.25, -0.2) is 0 Å². The minimum Gasteiger partial charge on any atom is -0.410 e. The van der Waals surface area contributed by atoms with E-state index in [9.17, 15) is 4.79 Å². The number of amides is 1. The fourth-order valence-corrected chi connectivity index (χ4v) is 1.56. The van der Waals surface area contributed by atoms with Crippen LogP contribution in [0.4, 0.5) is 0 Å². The highest BCUT2D eigenvalue weighted by Gasteiger charge is 2.38. The maximum atomic E-state index is 11.7. The lowest BCUT2D eigenvalue weighted by Crippen LogP contribution is -2.42. The second-order valence-corrected chi connectivity index (χ2v) is 4.20. The van der Waals surface area contributed by atoms with Crippen LogP contribution in [0.15, 0.2) is 15.4 Å². The average molecular weight is 279 g/mol. The maximum Gasteiger partial charge on any atom is 0.275 e. The smallest absolute Gasteiger partial charge is 0.275 e. The van der Waals surface area contributed by atoms with Crippen LogP contribution in [0, 0.1) is 17.8 Å². The Morgan fingerprint density at radius 2 is 2.20 bits per heavy atom. The van der Waals surface area contributed by atoms with Gasteiger partial charge in [0.25, 0.3) is 5.91 Å². The Hall–Kier alpha value is -2.31. The Morgan fingerprint density at radius 3 is 2.70 bits per heavy atom. The zero-order valence-corrected chi connectivity index (χ0v) is 10.9. The molecule has 0 aromatic heterocycles. The van der Waals surface area contributed by atoms with Gasteiger partial charge in [0.1, 0.15) is 0 Å². The molecule has 0 atom stereocenters. The van der Waals surface area contributed by atoms with Crippen molar-refractivity contribution in [2.75, 3.05) is 13.1 Å². The quantitative estimate of drug-likeness (QED) is 0.126. The molecule has 20 heavy (non-hydrogen) atoms. The molecule has 0 aromatic rings. The Kier molecular flexibility index (Phi) is 5.76. The van der Waals surface area contributed by atoms with Crippen molar-refractivity contribution < 1.29 is 10.0 Å². The number of hydrogen-bond donors (Lipinski definition) is 5. The first-order valence-corrected chi connectivity index (χ1v) is 5.97. The van der Waals surface area contributed by atoms with Crippen molar-refractivity contribution in [3.8, 4) is 12.3 Å². The van der Waals surface area contributed by atoms with Gasteiger partial charge in [-0.1, -0.05) is 5.16 Å². The third-order valence-electron chi connectivity index (χ3n) is 2.74. The first kappa shape index (κ1) is 15.7. The van der Waals surface area contributed by atoms with Gasteiger partial charge in [0, 0.05) is 25.8 Å². The van der Waals surface area contributed by atoms with Crippen molar-refractivity contribution in [1.82, 2.24) is 10.7 Å². The van der Waals surface area contributed by atoms with E-state index in [4.69, 9.17) is 22.9 Å². The molecule has 0 aromatic carbocycles. The zero-order valence-electron chi connectivity index (χ0n) is 10.9. The lowest BCUT2D eigenvalue weighted by Gasteiger charge is -2.10. The summed E-state index contributed by atoms with van der Waals surface area (Å²) in [6, 6.07) is 0. The molecule has 0 radical (unpaired) electrons. The van der Waals surface area contributed by atoms with Crippen LogP contribution >= 0.6 is 0 Å². The highest BCUT2D eigenvalue weighted by atomic mass is 16.4. The summed E-state index contributed by atoms with van der Waals surface area (Å²) in [5.74, 6) is 6.89. The van der Waals surface area contributed by atoms with Crippen molar-refractivity contribution in [2.45, 2.75) is 24.9 Å². The number of terminal acetylenes is 1. The second-order valence-electron chi connectivity index (χ2n) is 4.20. The second kappa shape index (κ2) is 7.32. The summed E-state index contributed by atoms with van der Waals surface area (Å²) in [6.07, 6.45) is 6.90. The summed E-state index contributed by atoms with van der Waals surface area (Å²) in [4.78, 5) is 11.7. The van der Waals surface area contributed by atoms with Crippen LogP contribution in [-0.4, -0.2) is 41.3 Å². The number of nitrogens with one attached hydrogen (secondary N) is 3. The molecule has 9 nitrogen and oxygen atoms in total. The number of nitrogens with zero attached hydrogens (tertiary/aromatic N) is 3. The topological polar surface area (TPSA) is 148 Å². The van der Waals surface area contributed by atoms with E-state index in [0.717, 1.165) is 0 Å². The first-order valence-electron chi connectivity index (χ1n) is 5.97. The molecule has 0 fully saturated rings. The summed E-state index contributed by atoms with van der Waals surface area (Å²) in [5.41, 5.74) is 1.13. The lowest BCUT2D eigenvalue weighted by atomic mass is 10.0. The Labute approximate surface area is 116 Å². The van der Waals surface area contributed by atoms with E-state index in [1.54, 1.807) is 0 Å². The van der Waals surface area contributed by atoms with Gasteiger partial charge in [0.2, 0.25) is 0 Å². The molecule has 1 aliphatic heterocycles. The standard InChI is InChI=1S/C11H17N7O2/c1-2-3-4-11(17-18-11)5-6-14-10(19)9(16-20)8(12)7-15-13/h1,12,15,20H,3-7,13H2,(H,14,19)/b12-8?,16-9+. The molecular formula is C11H17N7O2. The summed E-state index contributed by atoms with van der Waals surface area (Å²) in [6.45, 7) is 0.211. The number of carbonyl (C=O) groups is 1. The highest BCUT2D eigenvalue weighted by molar-refractivity contribution is 6.66. The third kappa shape index (κ3) is 4.42. The van der Waals surface area contributed by atoms with Gasteiger partial charge < -0.3 is 15.9 Å². The molecule has 1 aliphatic rings. The van der Waals surface area contributed by atoms with Crippen LogP contribution in [0.2, 0.25) is 0 Å². The molecule has 0 saturated carbocycles. The summed E-state index contributed by atoms with van der Waals surface area (Å²) >= 11 is 0. The molecular weight excluding hydrogens is 262 g/mol. The van der Waals surface area contributed by atoms with Gasteiger partial charge in [0.05, 0.1) is 12.3 Å². The molecule has 108 valence electrons. The third-order valence-corrected chi connectivity index (χ3v) is 2.74. The van der Waals surface area contributed by atoms with E-state index in [1.807, 2.05) is 0 Å². The Bertz CT molecular complexity index is 472. The van der Waals surface area contributed by atoms with Crippen LogP contribution in [0.3, 0.4) is 0 Å². The van der Waals surface area contributed by atoms with Gasteiger partial charge in [-0.2, -0.15) is 10.2 Å². The monoisotopic (exact) mass is 279 g/mol. The Morgan fingerprint density at radius 1 is 1.50 bits per heavy atom. The predicted molar refractivity (Wildman–Crippen MR) is 72.4 cm³/mol. The van der Waals surface area contributed by atoms with E-state index in [1.165, 1.54) is 0 Å². The molecule has 1 rings (SSSR count). The minimum absolute atomic E-state index is 0.0798. The number of hydrazine groups is 1. The first-order chi connectivity index (χ1) is 9.58. The van der Waals surface area contributed by atoms with Gasteiger partial charge in [-0.05, 0) is 0 Å². The highest BCUT2D eigenvalue weighted by Crippen LogP contribution is 2.35. The van der Waals surface area contributed by atoms with E-state index in [0.29, 0.717) is 25.8 Å². The molecule has 1 amide bonds. The molecule has 0 saturated heterocycles. The number of carbonyl (C=O) groups excluding carboxylic acids is 1. The van der Waals surface area contributed by atoms with Crippen molar-refractivity contribution >= 4 is 17.3 Å². The molecule has 1 heterocycles.